The molecule has 0 radical (unpaired) electrons. The van der Waals surface area contributed by atoms with Crippen LogP contribution in [0.15, 0.2) is 59.9 Å². The fraction of sp³-hybridized carbons (Fsp3) is 0.304. The lowest BCUT2D eigenvalue weighted by Gasteiger charge is -2.21. The first-order valence-electron chi connectivity index (χ1n) is 9.96. The predicted molar refractivity (Wildman–Crippen MR) is 118 cm³/mol. The van der Waals surface area contributed by atoms with Crippen molar-refractivity contribution in [1.82, 2.24) is 14.5 Å². The minimum absolute atomic E-state index is 0.0396. The molecule has 0 spiro atoms. The molecule has 2 heterocycles. The summed E-state index contributed by atoms with van der Waals surface area (Å²) >= 11 is 1.48. The number of nitrogens with zero attached hydrogens (tertiary/aromatic N) is 3. The maximum absolute atomic E-state index is 12.9. The van der Waals surface area contributed by atoms with Crippen molar-refractivity contribution in [1.29, 1.82) is 0 Å². The van der Waals surface area contributed by atoms with Crippen LogP contribution >= 0.6 is 11.8 Å². The number of benzene rings is 2. The molecule has 0 N–H and O–H groups in total. The number of rotatable bonds is 6. The summed E-state index contributed by atoms with van der Waals surface area (Å²) in [5.41, 5.74) is 2.96. The number of hydrogen-bond donors (Lipinski definition) is 0. The Kier molecular flexibility index (Phi) is 5.99. The van der Waals surface area contributed by atoms with Crippen LogP contribution in [0.5, 0.6) is 11.5 Å². The number of aromatic nitrogens is 2. The van der Waals surface area contributed by atoms with E-state index in [1.54, 1.807) is 19.0 Å². The van der Waals surface area contributed by atoms with E-state index in [1.807, 2.05) is 54.7 Å². The molecule has 1 aliphatic rings. The van der Waals surface area contributed by atoms with E-state index in [9.17, 15) is 4.79 Å². The molecule has 0 bridgehead atoms. The van der Waals surface area contributed by atoms with Gasteiger partial charge in [0, 0.05) is 26.2 Å². The average Bonchev–Trinajstić information content (AvgIpc) is 3.19. The summed E-state index contributed by atoms with van der Waals surface area (Å²) in [4.78, 5) is 19.2. The minimum Gasteiger partial charge on any atom is -0.486 e. The van der Waals surface area contributed by atoms with Crippen LogP contribution in [-0.2, 0) is 11.3 Å². The Labute approximate surface area is 180 Å². The van der Waals surface area contributed by atoms with Gasteiger partial charge in [0.15, 0.2) is 16.7 Å². The molecule has 1 amide bonds. The lowest BCUT2D eigenvalue weighted by atomic mass is 10.1. The van der Waals surface area contributed by atoms with Gasteiger partial charge >= 0.3 is 0 Å². The minimum atomic E-state index is -0.359. The van der Waals surface area contributed by atoms with Crippen molar-refractivity contribution in [3.8, 4) is 22.8 Å². The highest BCUT2D eigenvalue weighted by Gasteiger charge is 2.26. The number of ether oxygens (including phenoxy) is 2. The maximum atomic E-state index is 12.9. The number of amides is 1. The normalized spacial score (nSPS) is 13.7. The summed E-state index contributed by atoms with van der Waals surface area (Å²) in [6, 6.07) is 15.8. The van der Waals surface area contributed by atoms with E-state index in [4.69, 9.17) is 9.47 Å². The number of fused-ring (bicyclic) bond motifs is 1. The summed E-state index contributed by atoms with van der Waals surface area (Å²) in [7, 11) is 3.57. The van der Waals surface area contributed by atoms with Crippen molar-refractivity contribution < 1.29 is 14.3 Å². The van der Waals surface area contributed by atoms with Crippen LogP contribution in [0, 0.1) is 0 Å². The largest absolute Gasteiger partial charge is 0.486 e. The molecule has 7 heteroatoms. The number of carbonyl (C=O) groups is 1. The van der Waals surface area contributed by atoms with Crippen LogP contribution in [0.3, 0.4) is 0 Å². The van der Waals surface area contributed by atoms with Crippen molar-refractivity contribution in [2.45, 2.75) is 23.9 Å². The van der Waals surface area contributed by atoms with Crippen LogP contribution in [-0.4, -0.2) is 47.7 Å². The Morgan fingerprint density at radius 1 is 1.13 bits per heavy atom. The highest BCUT2D eigenvalue weighted by Crippen LogP contribution is 2.39. The fourth-order valence-electron chi connectivity index (χ4n) is 3.42. The molecule has 4 rings (SSSR count). The molecule has 1 aliphatic heterocycles. The summed E-state index contributed by atoms with van der Waals surface area (Å²) in [6.07, 6.45) is 1.86. The number of hydrogen-bond acceptors (Lipinski definition) is 5. The van der Waals surface area contributed by atoms with E-state index >= 15 is 0 Å². The van der Waals surface area contributed by atoms with E-state index in [-0.39, 0.29) is 11.2 Å². The van der Waals surface area contributed by atoms with Gasteiger partial charge in [0.05, 0.1) is 11.9 Å². The van der Waals surface area contributed by atoms with Crippen molar-refractivity contribution in [3.05, 3.63) is 60.3 Å². The van der Waals surface area contributed by atoms with Gasteiger partial charge in [-0.2, -0.15) is 0 Å². The first-order valence-corrected chi connectivity index (χ1v) is 10.8. The van der Waals surface area contributed by atoms with Gasteiger partial charge in [0.1, 0.15) is 18.5 Å². The van der Waals surface area contributed by atoms with Crippen molar-refractivity contribution in [3.63, 3.8) is 0 Å². The second-order valence-corrected chi connectivity index (χ2v) is 8.24. The van der Waals surface area contributed by atoms with Gasteiger partial charge in [0.2, 0.25) is 5.91 Å². The van der Waals surface area contributed by atoms with Gasteiger partial charge < -0.3 is 18.9 Å². The topological polar surface area (TPSA) is 56.6 Å². The van der Waals surface area contributed by atoms with Gasteiger partial charge in [-0.05, 0) is 30.7 Å². The SMILES string of the molecule is CCn1c(-c2ccc3c(c2)OCCO3)cnc1S[C@@H](C(=O)N(C)C)c1ccccc1. The zero-order chi connectivity index (χ0) is 21.1. The summed E-state index contributed by atoms with van der Waals surface area (Å²) in [6.45, 7) is 3.94. The zero-order valence-electron chi connectivity index (χ0n) is 17.4. The molecular formula is C23H25N3O3S. The van der Waals surface area contributed by atoms with Crippen LogP contribution in [0.1, 0.15) is 17.7 Å². The molecule has 6 nitrogen and oxygen atoms in total. The maximum Gasteiger partial charge on any atom is 0.240 e. The van der Waals surface area contributed by atoms with Crippen LogP contribution in [0.2, 0.25) is 0 Å². The first kappa shape index (κ1) is 20.3. The molecule has 0 fully saturated rings. The summed E-state index contributed by atoms with van der Waals surface area (Å²) in [5.74, 6) is 1.56. The molecule has 1 atom stereocenters. The second kappa shape index (κ2) is 8.83. The fourth-order valence-corrected chi connectivity index (χ4v) is 4.70. The van der Waals surface area contributed by atoms with E-state index in [1.165, 1.54) is 11.8 Å². The monoisotopic (exact) mass is 423 g/mol. The molecule has 3 aromatic rings. The van der Waals surface area contributed by atoms with Crippen LogP contribution in [0.4, 0.5) is 0 Å². The van der Waals surface area contributed by atoms with Gasteiger partial charge in [-0.1, -0.05) is 42.1 Å². The van der Waals surface area contributed by atoms with Crippen molar-refractivity contribution in [2.24, 2.45) is 0 Å². The molecule has 0 saturated carbocycles. The van der Waals surface area contributed by atoms with E-state index in [0.29, 0.717) is 13.2 Å². The van der Waals surface area contributed by atoms with E-state index in [2.05, 4.69) is 16.5 Å². The molecule has 2 aromatic carbocycles. The highest BCUT2D eigenvalue weighted by atomic mass is 32.2. The van der Waals surface area contributed by atoms with Crippen molar-refractivity contribution >= 4 is 17.7 Å². The third-order valence-corrected chi connectivity index (χ3v) is 6.21. The van der Waals surface area contributed by atoms with E-state index in [0.717, 1.165) is 40.0 Å². The molecule has 0 aliphatic carbocycles. The number of carbonyl (C=O) groups excluding carboxylic acids is 1. The predicted octanol–water partition coefficient (Wildman–Crippen LogP) is 4.26. The van der Waals surface area contributed by atoms with Crippen LogP contribution in [0.25, 0.3) is 11.3 Å². The molecular weight excluding hydrogens is 398 g/mol. The Bertz CT molecular complexity index is 1030. The Balaban J connectivity index is 1.68. The van der Waals surface area contributed by atoms with Crippen LogP contribution < -0.4 is 9.47 Å². The molecule has 156 valence electrons. The number of imidazole rings is 1. The smallest absolute Gasteiger partial charge is 0.240 e. The first-order chi connectivity index (χ1) is 14.6. The number of likely N-dealkylation sites (N-methyl/N-ethyl adjacent to an activating group) is 1. The molecule has 0 saturated heterocycles. The Morgan fingerprint density at radius 2 is 1.87 bits per heavy atom. The highest BCUT2D eigenvalue weighted by molar-refractivity contribution is 8.00. The summed E-state index contributed by atoms with van der Waals surface area (Å²) in [5, 5.41) is 0.452. The lowest BCUT2D eigenvalue weighted by molar-refractivity contribution is -0.128. The second-order valence-electron chi connectivity index (χ2n) is 7.17. The standard InChI is InChI=1S/C23H25N3O3S/c1-4-26-18(17-10-11-19-20(14-17)29-13-12-28-19)15-24-23(26)30-21(22(27)25(2)3)16-8-6-5-7-9-16/h5-11,14-15,21H,4,12-13H2,1-3H3/t21-/m1/s1. The third kappa shape index (κ3) is 4.03. The number of thioether (sulfide) groups is 1. The van der Waals surface area contributed by atoms with Gasteiger partial charge in [0.25, 0.3) is 0 Å². The molecule has 30 heavy (non-hydrogen) atoms. The Morgan fingerprint density at radius 3 is 2.57 bits per heavy atom. The van der Waals surface area contributed by atoms with E-state index < -0.39 is 0 Å². The van der Waals surface area contributed by atoms with Crippen molar-refractivity contribution in [2.75, 3.05) is 27.3 Å². The molecule has 0 unspecified atom stereocenters. The molecule has 1 aromatic heterocycles. The lowest BCUT2D eigenvalue weighted by Crippen LogP contribution is -2.27. The Hall–Kier alpha value is -2.93. The third-order valence-electron chi connectivity index (χ3n) is 4.96. The quantitative estimate of drug-likeness (QED) is 0.555. The van der Waals surface area contributed by atoms with Gasteiger partial charge in [-0.3, -0.25) is 4.79 Å². The average molecular weight is 424 g/mol. The van der Waals surface area contributed by atoms with Gasteiger partial charge in [-0.25, -0.2) is 4.98 Å². The zero-order valence-corrected chi connectivity index (χ0v) is 18.2. The summed E-state index contributed by atoms with van der Waals surface area (Å²) < 4.78 is 13.5. The van der Waals surface area contributed by atoms with Gasteiger partial charge in [-0.15, -0.1) is 0 Å².